The fraction of sp³-hybridized carbons (Fsp3) is 0.0588. The summed E-state index contributed by atoms with van der Waals surface area (Å²) in [4.78, 5) is 8.37. The zero-order valence-electron chi connectivity index (χ0n) is 11.7. The van der Waals surface area contributed by atoms with Crippen LogP contribution in [-0.4, -0.2) is 17.0 Å². The van der Waals surface area contributed by atoms with E-state index >= 15 is 0 Å². The quantitative estimate of drug-likeness (QED) is 0.758. The van der Waals surface area contributed by atoms with Crippen molar-refractivity contribution in [2.24, 2.45) is 0 Å². The Hall–Kier alpha value is -2.88. The van der Waals surface area contributed by atoms with Gasteiger partial charge in [0.1, 0.15) is 18.0 Å². The summed E-state index contributed by atoms with van der Waals surface area (Å²) in [6.07, 6.45) is 1.54. The molecule has 0 fully saturated rings. The number of nitrogens with one attached hydrogen (secondary N) is 2. The van der Waals surface area contributed by atoms with Crippen LogP contribution in [0.5, 0.6) is 0 Å². The predicted octanol–water partition coefficient (Wildman–Crippen LogP) is 3.93. The van der Waals surface area contributed by atoms with Gasteiger partial charge in [-0.05, 0) is 11.6 Å². The van der Waals surface area contributed by atoms with Gasteiger partial charge in [-0.1, -0.05) is 48.5 Å². The first-order chi connectivity index (χ1) is 10.4. The molecular weight excluding hydrogens is 260 g/mol. The lowest BCUT2D eigenvalue weighted by Gasteiger charge is -2.12. The Morgan fingerprint density at radius 3 is 2.33 bits per heavy atom. The van der Waals surface area contributed by atoms with E-state index in [0.717, 1.165) is 22.9 Å². The molecule has 4 nitrogen and oxygen atoms in total. The third kappa shape index (κ3) is 3.00. The minimum Gasteiger partial charge on any atom is -0.373 e. The second-order valence-electron chi connectivity index (χ2n) is 4.58. The van der Waals surface area contributed by atoms with Crippen molar-refractivity contribution in [1.29, 1.82) is 0 Å². The maximum absolute atomic E-state index is 4.26. The van der Waals surface area contributed by atoms with E-state index in [1.807, 2.05) is 49.5 Å². The third-order valence-electron chi connectivity index (χ3n) is 3.20. The fourth-order valence-electron chi connectivity index (χ4n) is 2.16. The van der Waals surface area contributed by atoms with Crippen LogP contribution in [0.2, 0.25) is 0 Å². The van der Waals surface area contributed by atoms with Crippen LogP contribution in [0.4, 0.5) is 17.3 Å². The third-order valence-corrected chi connectivity index (χ3v) is 3.20. The van der Waals surface area contributed by atoms with E-state index in [1.54, 1.807) is 6.33 Å². The number of aromatic nitrogens is 2. The summed E-state index contributed by atoms with van der Waals surface area (Å²) in [7, 11) is 1.84. The van der Waals surface area contributed by atoms with Gasteiger partial charge in [-0.15, -0.1) is 0 Å². The summed E-state index contributed by atoms with van der Waals surface area (Å²) >= 11 is 0. The number of benzene rings is 2. The van der Waals surface area contributed by atoms with E-state index in [0.29, 0.717) is 0 Å². The van der Waals surface area contributed by atoms with Crippen LogP contribution in [0.15, 0.2) is 67.0 Å². The van der Waals surface area contributed by atoms with E-state index in [9.17, 15) is 0 Å². The van der Waals surface area contributed by atoms with Crippen molar-refractivity contribution in [3.8, 4) is 11.1 Å². The van der Waals surface area contributed by atoms with Crippen LogP contribution < -0.4 is 10.6 Å². The summed E-state index contributed by atoms with van der Waals surface area (Å²) in [5.74, 6) is 1.54. The molecule has 0 aliphatic heterocycles. The molecule has 0 unspecified atom stereocenters. The first-order valence-corrected chi connectivity index (χ1v) is 6.78. The van der Waals surface area contributed by atoms with E-state index < -0.39 is 0 Å². The van der Waals surface area contributed by atoms with E-state index in [4.69, 9.17) is 0 Å². The molecule has 104 valence electrons. The van der Waals surface area contributed by atoms with Crippen molar-refractivity contribution < 1.29 is 0 Å². The molecule has 3 rings (SSSR count). The topological polar surface area (TPSA) is 49.8 Å². The molecule has 3 aromatic rings. The van der Waals surface area contributed by atoms with Crippen LogP contribution in [0.1, 0.15) is 0 Å². The average Bonchev–Trinajstić information content (AvgIpc) is 2.56. The van der Waals surface area contributed by atoms with Gasteiger partial charge in [0.2, 0.25) is 0 Å². The highest BCUT2D eigenvalue weighted by Gasteiger charge is 2.05. The molecule has 1 heterocycles. The molecule has 0 saturated heterocycles. The highest BCUT2D eigenvalue weighted by atomic mass is 15.1. The van der Waals surface area contributed by atoms with Crippen molar-refractivity contribution in [3.05, 3.63) is 67.0 Å². The van der Waals surface area contributed by atoms with Crippen LogP contribution in [0.3, 0.4) is 0 Å². The second kappa shape index (κ2) is 6.05. The van der Waals surface area contributed by atoms with Crippen LogP contribution in [0, 0.1) is 0 Å². The van der Waals surface area contributed by atoms with Gasteiger partial charge >= 0.3 is 0 Å². The largest absolute Gasteiger partial charge is 0.373 e. The molecule has 2 N–H and O–H groups in total. The molecule has 0 amide bonds. The standard InChI is InChI=1S/C17H16N4/c1-18-16-11-17(20-12-19-16)21-15-10-6-5-9-14(15)13-7-3-2-4-8-13/h2-12H,1H3,(H2,18,19,20,21). The maximum atomic E-state index is 4.26. The number of hydrogen-bond acceptors (Lipinski definition) is 4. The second-order valence-corrected chi connectivity index (χ2v) is 4.58. The first-order valence-electron chi connectivity index (χ1n) is 6.78. The Labute approximate surface area is 123 Å². The minimum absolute atomic E-state index is 0.762. The lowest BCUT2D eigenvalue weighted by Crippen LogP contribution is -1.99. The Kier molecular flexibility index (Phi) is 3.78. The highest BCUT2D eigenvalue weighted by Crippen LogP contribution is 2.29. The molecule has 0 atom stereocenters. The van der Waals surface area contributed by atoms with Gasteiger partial charge in [0, 0.05) is 24.4 Å². The number of anilines is 3. The summed E-state index contributed by atoms with van der Waals surface area (Å²) in [6.45, 7) is 0. The lowest BCUT2D eigenvalue weighted by molar-refractivity contribution is 1.16. The number of rotatable bonds is 4. The normalized spacial score (nSPS) is 10.1. The molecule has 0 spiro atoms. The molecular formula is C17H16N4. The number of hydrogen-bond donors (Lipinski definition) is 2. The molecule has 0 bridgehead atoms. The molecule has 4 heteroatoms. The van der Waals surface area contributed by atoms with Gasteiger partial charge in [-0.25, -0.2) is 9.97 Å². The zero-order chi connectivity index (χ0) is 14.5. The van der Waals surface area contributed by atoms with E-state index in [-0.39, 0.29) is 0 Å². The van der Waals surface area contributed by atoms with Gasteiger partial charge in [-0.2, -0.15) is 0 Å². The maximum Gasteiger partial charge on any atom is 0.135 e. The Balaban J connectivity index is 1.96. The average molecular weight is 276 g/mol. The molecule has 0 radical (unpaired) electrons. The Bertz CT molecular complexity index is 726. The Morgan fingerprint density at radius 1 is 0.810 bits per heavy atom. The fourth-order valence-corrected chi connectivity index (χ4v) is 2.16. The first kappa shape index (κ1) is 13.1. The van der Waals surface area contributed by atoms with Gasteiger partial charge < -0.3 is 10.6 Å². The molecule has 0 saturated carbocycles. The monoisotopic (exact) mass is 276 g/mol. The smallest absolute Gasteiger partial charge is 0.135 e. The van der Waals surface area contributed by atoms with E-state index in [2.05, 4.69) is 38.8 Å². The van der Waals surface area contributed by atoms with Gasteiger partial charge in [0.05, 0.1) is 0 Å². The molecule has 0 aliphatic rings. The summed E-state index contributed by atoms with van der Waals surface area (Å²) in [5.41, 5.74) is 3.33. The van der Waals surface area contributed by atoms with Crippen LogP contribution in [0.25, 0.3) is 11.1 Å². The SMILES string of the molecule is CNc1cc(Nc2ccccc2-c2ccccc2)ncn1. The number of nitrogens with zero attached hydrogens (tertiary/aromatic N) is 2. The van der Waals surface area contributed by atoms with Crippen LogP contribution in [-0.2, 0) is 0 Å². The zero-order valence-corrected chi connectivity index (χ0v) is 11.7. The molecule has 1 aromatic heterocycles. The molecule has 2 aromatic carbocycles. The van der Waals surface area contributed by atoms with Crippen molar-refractivity contribution in [2.75, 3.05) is 17.7 Å². The Morgan fingerprint density at radius 2 is 1.52 bits per heavy atom. The summed E-state index contributed by atoms with van der Waals surface area (Å²) in [6, 6.07) is 20.3. The van der Waals surface area contributed by atoms with Crippen molar-refractivity contribution >= 4 is 17.3 Å². The lowest BCUT2D eigenvalue weighted by atomic mass is 10.0. The van der Waals surface area contributed by atoms with Crippen molar-refractivity contribution in [1.82, 2.24) is 9.97 Å². The minimum atomic E-state index is 0.762. The van der Waals surface area contributed by atoms with Crippen molar-refractivity contribution in [2.45, 2.75) is 0 Å². The van der Waals surface area contributed by atoms with Crippen molar-refractivity contribution in [3.63, 3.8) is 0 Å². The summed E-state index contributed by atoms with van der Waals surface area (Å²) < 4.78 is 0. The van der Waals surface area contributed by atoms with Gasteiger partial charge in [0.15, 0.2) is 0 Å². The summed E-state index contributed by atoms with van der Waals surface area (Å²) in [5, 5.41) is 6.36. The van der Waals surface area contributed by atoms with Crippen LogP contribution >= 0.6 is 0 Å². The molecule has 0 aliphatic carbocycles. The predicted molar refractivity (Wildman–Crippen MR) is 86.7 cm³/mol. The van der Waals surface area contributed by atoms with E-state index in [1.165, 1.54) is 5.56 Å². The molecule has 21 heavy (non-hydrogen) atoms. The highest BCUT2D eigenvalue weighted by molar-refractivity contribution is 5.80. The van der Waals surface area contributed by atoms with Gasteiger partial charge in [-0.3, -0.25) is 0 Å². The number of para-hydroxylation sites is 1. The van der Waals surface area contributed by atoms with Gasteiger partial charge in [0.25, 0.3) is 0 Å².